The molecule has 328 valence electrons. The van der Waals surface area contributed by atoms with Crippen LogP contribution in [0.15, 0.2) is 94.7 Å². The standard InChI is InChI=1S/C21H23ClN4O4S.C19H20ClIN4O2S.2CH4/c1-13-19(20(27)30-5)23-25-26(13)18-12-15(22)8-11-17(18)24-31(28,29)16-9-6-14(7-10-16)21(2,3)4;1-12-18(21)22-24-25(12)17-11-14(20)7-10-16(17)23-28(26,27)15-8-5-13(6-9-15)19(2,3)4;;/h6-12,24H,1-5H3;5-11,23H,1-4H3;2*1H4. The van der Waals surface area contributed by atoms with Crippen LogP contribution >= 0.6 is 45.8 Å². The second kappa shape index (κ2) is 19.7. The fourth-order valence-electron chi connectivity index (χ4n) is 5.59. The van der Waals surface area contributed by atoms with Gasteiger partial charge in [0.2, 0.25) is 0 Å². The van der Waals surface area contributed by atoms with Crippen LogP contribution in [-0.2, 0) is 35.6 Å². The number of aromatic nitrogens is 6. The maximum absolute atomic E-state index is 13.0. The molecular weight excluding hydrogens is 974 g/mol. The minimum atomic E-state index is -3.89. The number of nitrogens with one attached hydrogen (secondary N) is 2. The van der Waals surface area contributed by atoms with Gasteiger partial charge in [0.15, 0.2) is 5.69 Å². The molecule has 4 aromatic carbocycles. The van der Waals surface area contributed by atoms with E-state index in [4.69, 9.17) is 27.9 Å². The van der Waals surface area contributed by atoms with Crippen LogP contribution in [0.1, 0.15) is 89.4 Å². The lowest BCUT2D eigenvalue weighted by Crippen LogP contribution is -2.16. The Hall–Kier alpha value is -4.56. The zero-order valence-electron chi connectivity index (χ0n) is 33.7. The van der Waals surface area contributed by atoms with E-state index < -0.39 is 26.0 Å². The van der Waals surface area contributed by atoms with Crippen LogP contribution < -0.4 is 9.44 Å². The first-order chi connectivity index (χ1) is 27.4. The Morgan fingerprint density at radius 2 is 1.02 bits per heavy atom. The smallest absolute Gasteiger partial charge is 0.360 e. The van der Waals surface area contributed by atoms with Crippen LogP contribution in [0.4, 0.5) is 11.4 Å². The summed E-state index contributed by atoms with van der Waals surface area (Å²) in [5, 5.41) is 16.8. The molecule has 0 bridgehead atoms. The van der Waals surface area contributed by atoms with Gasteiger partial charge in [-0.25, -0.2) is 31.0 Å². The topological polar surface area (TPSA) is 180 Å². The third-order valence-corrected chi connectivity index (χ3v) is 13.3. The van der Waals surface area contributed by atoms with Gasteiger partial charge in [0, 0.05) is 10.0 Å². The highest BCUT2D eigenvalue weighted by molar-refractivity contribution is 14.1. The Kier molecular flexibility index (Phi) is 16.4. The van der Waals surface area contributed by atoms with E-state index in [1.54, 1.807) is 72.3 Å². The van der Waals surface area contributed by atoms with Crippen LogP contribution in [0.3, 0.4) is 0 Å². The Morgan fingerprint density at radius 1 is 0.639 bits per heavy atom. The summed E-state index contributed by atoms with van der Waals surface area (Å²) < 4.78 is 65.4. The van der Waals surface area contributed by atoms with Crippen molar-refractivity contribution < 1.29 is 26.4 Å². The molecule has 6 rings (SSSR count). The van der Waals surface area contributed by atoms with E-state index in [0.29, 0.717) is 32.8 Å². The Bertz CT molecular complexity index is 2730. The van der Waals surface area contributed by atoms with Crippen molar-refractivity contribution in [2.45, 2.75) is 90.9 Å². The maximum Gasteiger partial charge on any atom is 0.360 e. The second-order valence-corrected chi connectivity index (χ2v) is 20.6. The fraction of sp³-hybridized carbons (Fsp3) is 0.310. The molecule has 0 aliphatic rings. The Morgan fingerprint density at radius 3 is 1.36 bits per heavy atom. The molecule has 0 atom stereocenters. The largest absolute Gasteiger partial charge is 0.464 e. The van der Waals surface area contributed by atoms with Crippen LogP contribution in [0.5, 0.6) is 0 Å². The van der Waals surface area contributed by atoms with Gasteiger partial charge in [-0.1, -0.05) is 114 Å². The maximum atomic E-state index is 13.0. The predicted molar refractivity (Wildman–Crippen MR) is 252 cm³/mol. The monoisotopic (exact) mass is 1020 g/mol. The molecule has 0 amide bonds. The number of ether oxygens (including phenoxy) is 1. The molecule has 2 aromatic heterocycles. The number of hydrogen-bond acceptors (Lipinski definition) is 10. The molecular formula is C42H51Cl2IN8O6S2. The molecule has 0 radical (unpaired) electrons. The number of benzene rings is 4. The van der Waals surface area contributed by atoms with Gasteiger partial charge in [-0.15, -0.1) is 10.2 Å². The normalized spacial score (nSPS) is 11.7. The van der Waals surface area contributed by atoms with Gasteiger partial charge in [-0.3, -0.25) is 9.44 Å². The number of methoxy groups -OCH3 is 1. The van der Waals surface area contributed by atoms with Crippen molar-refractivity contribution in [3.05, 3.63) is 127 Å². The minimum absolute atomic E-state index is 0. The van der Waals surface area contributed by atoms with Crippen LogP contribution in [0.2, 0.25) is 10.0 Å². The molecule has 14 nitrogen and oxygen atoms in total. The predicted octanol–water partition coefficient (Wildman–Crippen LogP) is 10.3. The van der Waals surface area contributed by atoms with Gasteiger partial charge in [0.25, 0.3) is 20.0 Å². The SMILES string of the molecule is C.C.COC(=O)c1nnn(-c2cc(Cl)ccc2NS(=O)(=O)c2ccc(C(C)(C)C)cc2)c1C.Cc1c(I)nnn1-c1cc(Cl)ccc1NS(=O)(=O)c1ccc(C(C)(C)C)cc1. The molecule has 0 fully saturated rings. The van der Waals surface area contributed by atoms with E-state index in [1.807, 2.05) is 19.1 Å². The van der Waals surface area contributed by atoms with Crippen molar-refractivity contribution in [3.8, 4) is 11.4 Å². The Balaban J connectivity index is 0.000000316. The summed E-state index contributed by atoms with van der Waals surface area (Å²) in [6.45, 7) is 15.9. The lowest BCUT2D eigenvalue weighted by molar-refractivity contribution is 0.0593. The summed E-state index contributed by atoms with van der Waals surface area (Å²) in [4.78, 5) is 12.2. The van der Waals surface area contributed by atoms with E-state index in [9.17, 15) is 21.6 Å². The molecule has 2 heterocycles. The number of rotatable bonds is 9. The van der Waals surface area contributed by atoms with E-state index in [-0.39, 0.29) is 46.9 Å². The number of halogens is 3. The summed E-state index contributed by atoms with van der Waals surface area (Å²) in [6, 6.07) is 23.1. The number of hydrogen-bond donors (Lipinski definition) is 2. The van der Waals surface area contributed by atoms with Gasteiger partial charge >= 0.3 is 5.97 Å². The summed E-state index contributed by atoms with van der Waals surface area (Å²) >= 11 is 14.3. The molecule has 0 spiro atoms. The van der Waals surface area contributed by atoms with Gasteiger partial charge in [0.1, 0.15) is 3.70 Å². The molecule has 2 N–H and O–H groups in total. The van der Waals surface area contributed by atoms with Crippen molar-refractivity contribution in [2.75, 3.05) is 16.6 Å². The molecule has 0 aliphatic heterocycles. The second-order valence-electron chi connectivity index (χ2n) is 15.4. The number of esters is 1. The van der Waals surface area contributed by atoms with E-state index >= 15 is 0 Å². The lowest BCUT2D eigenvalue weighted by atomic mass is 9.87. The summed E-state index contributed by atoms with van der Waals surface area (Å²) in [6.07, 6.45) is 0. The van der Waals surface area contributed by atoms with Crippen LogP contribution in [0.25, 0.3) is 11.4 Å². The molecule has 0 unspecified atom stereocenters. The van der Waals surface area contributed by atoms with Crippen LogP contribution in [-0.4, -0.2) is 59.9 Å². The van der Waals surface area contributed by atoms with Crippen molar-refractivity contribution in [1.29, 1.82) is 0 Å². The highest BCUT2D eigenvalue weighted by atomic mass is 127. The van der Waals surface area contributed by atoms with Crippen LogP contribution in [0, 0.1) is 17.5 Å². The van der Waals surface area contributed by atoms with Gasteiger partial charge in [0.05, 0.1) is 51.0 Å². The minimum Gasteiger partial charge on any atom is -0.464 e. The van der Waals surface area contributed by atoms with Gasteiger partial charge < -0.3 is 4.74 Å². The first-order valence-corrected chi connectivity index (χ1v) is 22.7. The quantitative estimate of drug-likeness (QED) is 0.105. The molecule has 19 heteroatoms. The number of anilines is 2. The number of nitrogens with zero attached hydrogens (tertiary/aromatic N) is 6. The van der Waals surface area contributed by atoms with Crippen molar-refractivity contribution in [2.24, 2.45) is 0 Å². The lowest BCUT2D eigenvalue weighted by Gasteiger charge is -2.19. The van der Waals surface area contributed by atoms with Crippen molar-refractivity contribution in [3.63, 3.8) is 0 Å². The number of carbonyl (C=O) groups excluding carboxylic acids is 1. The van der Waals surface area contributed by atoms with E-state index in [2.05, 4.69) is 94.2 Å². The average molecular weight is 1030 g/mol. The average Bonchev–Trinajstić information content (AvgIpc) is 3.72. The summed E-state index contributed by atoms with van der Waals surface area (Å²) in [5.41, 5.74) is 4.55. The molecule has 61 heavy (non-hydrogen) atoms. The highest BCUT2D eigenvalue weighted by Gasteiger charge is 2.24. The third-order valence-electron chi connectivity index (χ3n) is 9.04. The highest BCUT2D eigenvalue weighted by Crippen LogP contribution is 2.31. The van der Waals surface area contributed by atoms with E-state index in [1.165, 1.54) is 23.9 Å². The molecule has 0 saturated carbocycles. The van der Waals surface area contributed by atoms with Crippen molar-refractivity contribution >= 4 is 83.2 Å². The first-order valence-electron chi connectivity index (χ1n) is 17.9. The van der Waals surface area contributed by atoms with E-state index in [0.717, 1.165) is 20.5 Å². The van der Waals surface area contributed by atoms with Crippen molar-refractivity contribution in [1.82, 2.24) is 30.0 Å². The van der Waals surface area contributed by atoms with Gasteiger partial charge in [-0.05, 0) is 119 Å². The summed E-state index contributed by atoms with van der Waals surface area (Å²) in [5.74, 6) is -0.646. The number of sulfonamides is 2. The first kappa shape index (κ1) is 50.8. The molecule has 6 aromatic rings. The molecule has 0 saturated heterocycles. The van der Waals surface area contributed by atoms with Gasteiger partial charge in [-0.2, -0.15) is 0 Å². The molecule has 0 aliphatic carbocycles. The number of carbonyl (C=O) groups is 1. The summed E-state index contributed by atoms with van der Waals surface area (Å²) in [7, 11) is -6.43. The third kappa shape index (κ3) is 11.9. The fourth-order valence-corrected chi connectivity index (χ4v) is 8.40. The Labute approximate surface area is 382 Å². The zero-order chi connectivity index (χ0) is 43.7. The zero-order valence-corrected chi connectivity index (χ0v) is 39.0.